The Kier molecular flexibility index (Phi) is 6.70. The lowest BCUT2D eigenvalue weighted by molar-refractivity contribution is 0.208. The summed E-state index contributed by atoms with van der Waals surface area (Å²) >= 11 is 0. The highest BCUT2D eigenvalue weighted by molar-refractivity contribution is 5.29. The number of rotatable bonds is 7. The van der Waals surface area contributed by atoms with E-state index in [0.29, 0.717) is 11.5 Å². The van der Waals surface area contributed by atoms with Crippen molar-refractivity contribution < 1.29 is 0 Å². The van der Waals surface area contributed by atoms with Crippen molar-refractivity contribution in [2.45, 2.75) is 47.1 Å². The van der Waals surface area contributed by atoms with Crippen molar-refractivity contribution in [3.8, 4) is 0 Å². The van der Waals surface area contributed by atoms with Gasteiger partial charge >= 0.3 is 0 Å². The first-order valence-corrected chi connectivity index (χ1v) is 7.81. The number of nitrogens with zero attached hydrogens (tertiary/aromatic N) is 1. The van der Waals surface area contributed by atoms with Crippen LogP contribution in [-0.2, 0) is 0 Å². The molecule has 0 aliphatic rings. The highest BCUT2D eigenvalue weighted by Crippen LogP contribution is 2.21. The Morgan fingerprint density at radius 3 is 2.40 bits per heavy atom. The molecule has 1 unspecified atom stereocenters. The van der Waals surface area contributed by atoms with Crippen LogP contribution in [0.5, 0.6) is 0 Å². The van der Waals surface area contributed by atoms with Crippen LogP contribution in [0.15, 0.2) is 24.3 Å². The van der Waals surface area contributed by atoms with Crippen molar-refractivity contribution in [1.29, 1.82) is 0 Å². The molecule has 114 valence electrons. The fourth-order valence-electron chi connectivity index (χ4n) is 2.76. The summed E-state index contributed by atoms with van der Waals surface area (Å²) in [6.45, 7) is 14.6. The van der Waals surface area contributed by atoms with Gasteiger partial charge in [-0.25, -0.2) is 0 Å². The summed E-state index contributed by atoms with van der Waals surface area (Å²) in [7, 11) is 2.23. The Balaban J connectivity index is 2.77. The van der Waals surface area contributed by atoms with Crippen molar-refractivity contribution in [3.63, 3.8) is 0 Å². The van der Waals surface area contributed by atoms with Gasteiger partial charge in [-0.05, 0) is 43.5 Å². The second kappa shape index (κ2) is 7.80. The van der Waals surface area contributed by atoms with Gasteiger partial charge in [0, 0.05) is 19.1 Å². The second-order valence-electron chi connectivity index (χ2n) is 7.12. The van der Waals surface area contributed by atoms with Gasteiger partial charge in [-0.15, -0.1) is 0 Å². The molecule has 2 heteroatoms. The van der Waals surface area contributed by atoms with Gasteiger partial charge in [0.25, 0.3) is 0 Å². The third kappa shape index (κ3) is 6.06. The van der Waals surface area contributed by atoms with E-state index in [1.165, 1.54) is 17.5 Å². The third-order valence-corrected chi connectivity index (χ3v) is 3.44. The van der Waals surface area contributed by atoms with Crippen molar-refractivity contribution in [3.05, 3.63) is 35.4 Å². The maximum Gasteiger partial charge on any atom is 0.0451 e. The quantitative estimate of drug-likeness (QED) is 0.809. The average molecular weight is 276 g/mol. The van der Waals surface area contributed by atoms with E-state index in [1.54, 1.807) is 0 Å². The lowest BCUT2D eigenvalue weighted by Crippen LogP contribution is -2.37. The zero-order valence-electron chi connectivity index (χ0n) is 14.2. The maximum absolute atomic E-state index is 3.70. The molecule has 0 fully saturated rings. The van der Waals surface area contributed by atoms with Gasteiger partial charge in [-0.2, -0.15) is 0 Å². The van der Waals surface area contributed by atoms with Crippen molar-refractivity contribution in [1.82, 2.24) is 10.2 Å². The predicted octanol–water partition coefficient (Wildman–Crippen LogP) is 4.01. The number of aryl methyl sites for hydroxylation is 1. The first kappa shape index (κ1) is 17.2. The van der Waals surface area contributed by atoms with Crippen molar-refractivity contribution in [2.75, 3.05) is 26.7 Å². The molecule has 0 amide bonds. The minimum atomic E-state index is 0.343. The van der Waals surface area contributed by atoms with Gasteiger partial charge in [0.2, 0.25) is 0 Å². The zero-order valence-corrected chi connectivity index (χ0v) is 14.2. The van der Waals surface area contributed by atoms with E-state index in [9.17, 15) is 0 Å². The molecule has 0 radical (unpaired) electrons. The Morgan fingerprint density at radius 2 is 1.85 bits per heavy atom. The lowest BCUT2D eigenvalue weighted by atomic mass is 9.95. The number of benzene rings is 1. The molecule has 2 nitrogen and oxygen atoms in total. The molecule has 1 aromatic carbocycles. The van der Waals surface area contributed by atoms with Gasteiger partial charge < -0.3 is 10.2 Å². The van der Waals surface area contributed by atoms with Gasteiger partial charge in [-0.3, -0.25) is 0 Å². The fraction of sp³-hybridized carbons (Fsp3) is 0.667. The number of nitrogens with one attached hydrogen (secondary N) is 1. The SMILES string of the molecule is CCCNC(CN(C)CC(C)(C)C)c1ccccc1C. The largest absolute Gasteiger partial charge is 0.309 e. The Hall–Kier alpha value is -0.860. The normalized spacial score (nSPS) is 13.8. The molecule has 1 atom stereocenters. The molecule has 1 N–H and O–H groups in total. The fourth-order valence-corrected chi connectivity index (χ4v) is 2.76. The number of hydrogen-bond donors (Lipinski definition) is 1. The highest BCUT2D eigenvalue weighted by Gasteiger charge is 2.19. The summed E-state index contributed by atoms with van der Waals surface area (Å²) in [5, 5.41) is 3.70. The standard InChI is InChI=1S/C18H32N2/c1-7-12-19-17(13-20(6)14-18(3,4)5)16-11-9-8-10-15(16)2/h8-11,17,19H,7,12-14H2,1-6H3. The summed E-state index contributed by atoms with van der Waals surface area (Å²) in [6, 6.07) is 9.15. The molecular weight excluding hydrogens is 244 g/mol. The van der Waals surface area contributed by atoms with E-state index >= 15 is 0 Å². The summed E-state index contributed by atoms with van der Waals surface area (Å²) in [5.74, 6) is 0. The van der Waals surface area contributed by atoms with Gasteiger partial charge in [-0.1, -0.05) is 52.0 Å². The van der Waals surface area contributed by atoms with Crippen LogP contribution in [0.1, 0.15) is 51.3 Å². The van der Waals surface area contributed by atoms with E-state index in [0.717, 1.165) is 19.6 Å². The van der Waals surface area contributed by atoms with Crippen molar-refractivity contribution in [2.24, 2.45) is 5.41 Å². The van der Waals surface area contributed by atoms with E-state index in [-0.39, 0.29) is 0 Å². The molecule has 1 rings (SSSR count). The molecule has 0 saturated carbocycles. The summed E-state index contributed by atoms with van der Waals surface area (Å²) in [6.07, 6.45) is 1.17. The molecule has 20 heavy (non-hydrogen) atoms. The minimum absolute atomic E-state index is 0.343. The highest BCUT2D eigenvalue weighted by atomic mass is 15.1. The molecule has 0 aliphatic heterocycles. The zero-order chi connectivity index (χ0) is 15.2. The summed E-state index contributed by atoms with van der Waals surface area (Å²) < 4.78 is 0. The lowest BCUT2D eigenvalue weighted by Gasteiger charge is -2.31. The van der Waals surface area contributed by atoms with E-state index in [1.807, 2.05) is 0 Å². The van der Waals surface area contributed by atoms with Crippen LogP contribution in [0.3, 0.4) is 0 Å². The van der Waals surface area contributed by atoms with Crippen LogP contribution in [-0.4, -0.2) is 31.6 Å². The first-order chi connectivity index (χ1) is 9.33. The van der Waals surface area contributed by atoms with Crippen LogP contribution in [0.2, 0.25) is 0 Å². The smallest absolute Gasteiger partial charge is 0.0451 e. The van der Waals surface area contributed by atoms with Crippen molar-refractivity contribution >= 4 is 0 Å². The molecule has 0 saturated heterocycles. The Labute approximate surface area is 125 Å². The third-order valence-electron chi connectivity index (χ3n) is 3.44. The van der Waals surface area contributed by atoms with E-state index in [2.05, 4.69) is 76.1 Å². The molecule has 0 aliphatic carbocycles. The Bertz CT molecular complexity index is 393. The van der Waals surface area contributed by atoms with Crippen LogP contribution < -0.4 is 5.32 Å². The monoisotopic (exact) mass is 276 g/mol. The molecule has 0 heterocycles. The van der Waals surface area contributed by atoms with Crippen LogP contribution >= 0.6 is 0 Å². The van der Waals surface area contributed by atoms with Gasteiger partial charge in [0.15, 0.2) is 0 Å². The molecule has 0 bridgehead atoms. The molecule has 1 aromatic rings. The van der Waals surface area contributed by atoms with E-state index < -0.39 is 0 Å². The number of hydrogen-bond acceptors (Lipinski definition) is 2. The van der Waals surface area contributed by atoms with Crippen LogP contribution in [0.4, 0.5) is 0 Å². The van der Waals surface area contributed by atoms with Gasteiger partial charge in [0.05, 0.1) is 0 Å². The number of likely N-dealkylation sites (N-methyl/N-ethyl adjacent to an activating group) is 1. The van der Waals surface area contributed by atoms with Gasteiger partial charge in [0.1, 0.15) is 0 Å². The molecule has 0 spiro atoms. The van der Waals surface area contributed by atoms with Crippen LogP contribution in [0.25, 0.3) is 0 Å². The average Bonchev–Trinajstić information content (AvgIpc) is 2.33. The topological polar surface area (TPSA) is 15.3 Å². The van der Waals surface area contributed by atoms with E-state index in [4.69, 9.17) is 0 Å². The molecule has 0 aromatic heterocycles. The van der Waals surface area contributed by atoms with Crippen LogP contribution in [0, 0.1) is 12.3 Å². The second-order valence-corrected chi connectivity index (χ2v) is 7.12. The minimum Gasteiger partial charge on any atom is -0.309 e. The summed E-state index contributed by atoms with van der Waals surface area (Å²) in [5.41, 5.74) is 3.16. The summed E-state index contributed by atoms with van der Waals surface area (Å²) in [4.78, 5) is 2.44. The first-order valence-electron chi connectivity index (χ1n) is 7.81. The Morgan fingerprint density at radius 1 is 1.20 bits per heavy atom. The molecular formula is C18H32N2. The maximum atomic E-state index is 3.70. The predicted molar refractivity (Wildman–Crippen MR) is 89.2 cm³/mol.